The Morgan fingerprint density at radius 2 is 1.83 bits per heavy atom. The van der Waals surface area contributed by atoms with Gasteiger partial charge in [-0.1, -0.05) is 54.1 Å². The quantitative estimate of drug-likeness (QED) is 0.652. The normalized spacial score (nSPS) is 11.8. The van der Waals surface area contributed by atoms with E-state index >= 15 is 0 Å². The van der Waals surface area contributed by atoms with Gasteiger partial charge in [-0.25, -0.2) is 0 Å². The Hall–Kier alpha value is -2.17. The highest BCUT2D eigenvalue weighted by atomic mass is 35.5. The van der Waals surface area contributed by atoms with E-state index in [1.807, 2.05) is 30.3 Å². The molecule has 0 aromatic heterocycles. The number of benzene rings is 2. The van der Waals surface area contributed by atoms with Gasteiger partial charge in [-0.05, 0) is 30.5 Å². The smallest absolute Gasteiger partial charge is 0.323 e. The molecule has 23 heavy (non-hydrogen) atoms. The van der Waals surface area contributed by atoms with Crippen molar-refractivity contribution < 1.29 is 14.3 Å². The number of hydrogen-bond acceptors (Lipinski definition) is 4. The molecule has 2 N–H and O–H groups in total. The molecule has 4 nitrogen and oxygen atoms in total. The molecular weight excluding hydrogens is 314 g/mol. The molecule has 2 aromatic carbocycles. The summed E-state index contributed by atoms with van der Waals surface area (Å²) in [4.78, 5) is 24.1. The lowest BCUT2D eigenvalue weighted by atomic mass is 10.1. The van der Waals surface area contributed by atoms with Gasteiger partial charge in [-0.3, -0.25) is 9.59 Å². The molecule has 0 radical (unpaired) electrons. The van der Waals surface area contributed by atoms with Gasteiger partial charge >= 0.3 is 5.97 Å². The average Bonchev–Trinajstić information content (AvgIpc) is 2.53. The number of halogens is 1. The van der Waals surface area contributed by atoms with Crippen LogP contribution in [-0.4, -0.2) is 24.4 Å². The third kappa shape index (κ3) is 4.65. The van der Waals surface area contributed by atoms with Crippen LogP contribution in [0.3, 0.4) is 0 Å². The summed E-state index contributed by atoms with van der Waals surface area (Å²) in [6, 6.07) is 13.8. The number of carbonyl (C=O) groups excluding carboxylic acids is 2. The van der Waals surface area contributed by atoms with Crippen molar-refractivity contribution in [3.63, 3.8) is 0 Å². The summed E-state index contributed by atoms with van der Waals surface area (Å²) in [5.41, 5.74) is 7.87. The van der Waals surface area contributed by atoms with Crippen LogP contribution in [-0.2, 0) is 16.0 Å². The second-order valence-electron chi connectivity index (χ2n) is 5.26. The average molecular weight is 332 g/mol. The molecule has 0 saturated heterocycles. The monoisotopic (exact) mass is 331 g/mol. The SMILES string of the molecule is Cc1cccc(Cl)c1C(=O)COC(=O)C(N)Cc1ccccc1. The first-order valence-electron chi connectivity index (χ1n) is 7.23. The van der Waals surface area contributed by atoms with E-state index in [9.17, 15) is 9.59 Å². The Labute approximate surface area is 140 Å². The third-order valence-corrected chi connectivity index (χ3v) is 3.76. The zero-order valence-corrected chi connectivity index (χ0v) is 13.5. The van der Waals surface area contributed by atoms with E-state index in [2.05, 4.69) is 0 Å². The van der Waals surface area contributed by atoms with Crippen LogP contribution in [0.2, 0.25) is 5.02 Å². The number of rotatable bonds is 6. The standard InChI is InChI=1S/C18H18ClNO3/c1-12-6-5-9-14(19)17(12)16(21)11-23-18(22)15(20)10-13-7-3-2-4-8-13/h2-9,15H,10-11,20H2,1H3. The molecule has 2 rings (SSSR count). The van der Waals surface area contributed by atoms with Crippen LogP contribution in [0.4, 0.5) is 0 Å². The van der Waals surface area contributed by atoms with E-state index in [1.165, 1.54) is 0 Å². The molecule has 0 aliphatic rings. The Bertz CT molecular complexity index is 680. The molecule has 0 spiro atoms. The lowest BCUT2D eigenvalue weighted by Crippen LogP contribution is -2.35. The Kier molecular flexibility index (Phi) is 5.90. The van der Waals surface area contributed by atoms with E-state index in [0.717, 1.165) is 11.1 Å². The number of ketones is 1. The van der Waals surface area contributed by atoms with Crippen LogP contribution in [0.1, 0.15) is 21.5 Å². The number of nitrogens with two attached hydrogens (primary N) is 1. The van der Waals surface area contributed by atoms with E-state index < -0.39 is 12.0 Å². The van der Waals surface area contributed by atoms with Crippen molar-refractivity contribution in [2.45, 2.75) is 19.4 Å². The number of carbonyl (C=O) groups is 2. The highest BCUT2D eigenvalue weighted by molar-refractivity contribution is 6.34. The zero-order valence-electron chi connectivity index (χ0n) is 12.8. The topological polar surface area (TPSA) is 69.4 Å². The Balaban J connectivity index is 1.92. The molecular formula is C18H18ClNO3. The minimum Gasteiger partial charge on any atom is -0.456 e. The number of hydrogen-bond donors (Lipinski definition) is 1. The molecule has 0 bridgehead atoms. The van der Waals surface area contributed by atoms with Gasteiger partial charge in [0, 0.05) is 5.56 Å². The van der Waals surface area contributed by atoms with Gasteiger partial charge in [0.1, 0.15) is 6.04 Å². The fourth-order valence-corrected chi connectivity index (χ4v) is 2.58. The molecule has 1 unspecified atom stereocenters. The summed E-state index contributed by atoms with van der Waals surface area (Å²) in [6.07, 6.45) is 0.360. The van der Waals surface area contributed by atoms with Gasteiger partial charge in [0.2, 0.25) is 5.78 Å². The van der Waals surface area contributed by atoms with Crippen molar-refractivity contribution in [3.05, 3.63) is 70.2 Å². The van der Waals surface area contributed by atoms with Crippen LogP contribution >= 0.6 is 11.6 Å². The third-order valence-electron chi connectivity index (χ3n) is 3.45. The van der Waals surface area contributed by atoms with Crippen molar-refractivity contribution >= 4 is 23.4 Å². The highest BCUT2D eigenvalue weighted by Gasteiger charge is 2.19. The Morgan fingerprint density at radius 3 is 2.48 bits per heavy atom. The number of esters is 1. The number of Topliss-reactive ketones (excluding diaryl/α,β-unsaturated/α-hetero) is 1. The maximum absolute atomic E-state index is 12.2. The predicted octanol–water partition coefficient (Wildman–Crippen LogP) is 2.94. The van der Waals surface area contributed by atoms with Crippen molar-refractivity contribution in [1.82, 2.24) is 0 Å². The molecule has 0 aliphatic carbocycles. The molecule has 0 amide bonds. The molecule has 0 aliphatic heterocycles. The minimum atomic E-state index is -0.808. The molecule has 1 atom stereocenters. The van der Waals surface area contributed by atoms with Crippen molar-refractivity contribution in [1.29, 1.82) is 0 Å². The molecule has 5 heteroatoms. The van der Waals surface area contributed by atoms with E-state index in [-0.39, 0.29) is 12.4 Å². The highest BCUT2D eigenvalue weighted by Crippen LogP contribution is 2.20. The summed E-state index contributed by atoms with van der Waals surface area (Å²) >= 11 is 6.02. The molecule has 0 saturated carbocycles. The van der Waals surface area contributed by atoms with Crippen LogP contribution < -0.4 is 5.73 Å². The van der Waals surface area contributed by atoms with Crippen LogP contribution in [0.25, 0.3) is 0 Å². The molecule has 0 heterocycles. The van der Waals surface area contributed by atoms with Crippen molar-refractivity contribution in [2.75, 3.05) is 6.61 Å². The summed E-state index contributed by atoms with van der Waals surface area (Å²) in [7, 11) is 0. The second-order valence-corrected chi connectivity index (χ2v) is 5.67. The first-order valence-corrected chi connectivity index (χ1v) is 7.61. The van der Waals surface area contributed by atoms with Gasteiger partial charge < -0.3 is 10.5 Å². The lowest BCUT2D eigenvalue weighted by Gasteiger charge is -2.12. The first kappa shape index (κ1) is 17.2. The van der Waals surface area contributed by atoms with Gasteiger partial charge in [-0.2, -0.15) is 0 Å². The van der Waals surface area contributed by atoms with Gasteiger partial charge in [-0.15, -0.1) is 0 Å². The minimum absolute atomic E-state index is 0.339. The van der Waals surface area contributed by atoms with Gasteiger partial charge in [0.25, 0.3) is 0 Å². The van der Waals surface area contributed by atoms with Gasteiger partial charge in [0.15, 0.2) is 6.61 Å². The summed E-state index contributed by atoms with van der Waals surface area (Å²) in [6.45, 7) is 1.41. The van der Waals surface area contributed by atoms with Crippen molar-refractivity contribution in [3.8, 4) is 0 Å². The van der Waals surface area contributed by atoms with Gasteiger partial charge in [0.05, 0.1) is 5.02 Å². The fraction of sp³-hybridized carbons (Fsp3) is 0.222. The van der Waals surface area contributed by atoms with E-state index in [4.69, 9.17) is 22.1 Å². The largest absolute Gasteiger partial charge is 0.456 e. The number of ether oxygens (including phenoxy) is 1. The van der Waals surface area contributed by atoms with Crippen LogP contribution in [0.15, 0.2) is 48.5 Å². The van der Waals surface area contributed by atoms with E-state index in [0.29, 0.717) is 17.0 Å². The van der Waals surface area contributed by atoms with Crippen molar-refractivity contribution in [2.24, 2.45) is 5.73 Å². The lowest BCUT2D eigenvalue weighted by molar-refractivity contribution is -0.144. The van der Waals surface area contributed by atoms with E-state index in [1.54, 1.807) is 25.1 Å². The second kappa shape index (κ2) is 7.90. The summed E-state index contributed by atoms with van der Waals surface area (Å²) in [5, 5.41) is 0.347. The summed E-state index contributed by atoms with van der Waals surface area (Å²) in [5.74, 6) is -0.944. The molecule has 2 aromatic rings. The zero-order chi connectivity index (χ0) is 16.8. The molecule has 0 fully saturated rings. The maximum atomic E-state index is 12.2. The summed E-state index contributed by atoms with van der Waals surface area (Å²) < 4.78 is 5.03. The Morgan fingerprint density at radius 1 is 1.13 bits per heavy atom. The molecule has 120 valence electrons. The van der Waals surface area contributed by atoms with Crippen LogP contribution in [0, 0.1) is 6.92 Å². The fourth-order valence-electron chi connectivity index (χ4n) is 2.25. The first-order chi connectivity index (χ1) is 11.0. The predicted molar refractivity (Wildman–Crippen MR) is 89.6 cm³/mol. The maximum Gasteiger partial charge on any atom is 0.323 e. The number of aryl methyl sites for hydroxylation is 1. The van der Waals surface area contributed by atoms with Crippen LogP contribution in [0.5, 0.6) is 0 Å².